The number of nitrogens with zero attached hydrogens (tertiary/aromatic N) is 3. The Hall–Kier alpha value is -3.78. The van der Waals surface area contributed by atoms with E-state index in [1.807, 2.05) is 35.9 Å². The lowest BCUT2D eigenvalue weighted by Crippen LogP contribution is -2.10. The van der Waals surface area contributed by atoms with Gasteiger partial charge in [0.2, 0.25) is 0 Å². The zero-order valence-electron chi connectivity index (χ0n) is 26.9. The fourth-order valence-corrected chi connectivity index (χ4v) is 5.69. The molecule has 0 saturated heterocycles. The van der Waals surface area contributed by atoms with Crippen molar-refractivity contribution in [3.05, 3.63) is 83.4 Å². The minimum Gasteiger partial charge on any atom is -0.493 e. The van der Waals surface area contributed by atoms with E-state index in [0.717, 1.165) is 56.8 Å². The third-order valence-electron chi connectivity index (χ3n) is 7.86. The molecule has 0 aliphatic carbocycles. The molecule has 0 aliphatic heterocycles. The summed E-state index contributed by atoms with van der Waals surface area (Å²) in [5, 5.41) is 22.6. The van der Waals surface area contributed by atoms with Crippen molar-refractivity contribution >= 4 is 23.4 Å². The van der Waals surface area contributed by atoms with Crippen LogP contribution in [0.3, 0.4) is 0 Å². The van der Waals surface area contributed by atoms with Crippen LogP contribution >= 0.6 is 11.8 Å². The van der Waals surface area contributed by atoms with E-state index in [1.165, 1.54) is 24.8 Å². The average Bonchev–Trinajstić information content (AvgIpc) is 3.37. The molecule has 3 aromatic carbocycles. The van der Waals surface area contributed by atoms with Gasteiger partial charge in [-0.3, -0.25) is 4.79 Å². The molecule has 0 bridgehead atoms. The van der Waals surface area contributed by atoms with Crippen LogP contribution in [0.25, 0.3) is 11.4 Å². The fraction of sp³-hybridized carbons (Fsp3) is 0.417. The highest BCUT2D eigenvalue weighted by atomic mass is 32.2. The van der Waals surface area contributed by atoms with Crippen molar-refractivity contribution in [3.63, 3.8) is 0 Å². The molecule has 8 heteroatoms. The van der Waals surface area contributed by atoms with Crippen LogP contribution in [0, 0.1) is 0 Å². The lowest BCUT2D eigenvalue weighted by atomic mass is 9.87. The highest BCUT2D eigenvalue weighted by molar-refractivity contribution is 7.99. The number of rotatable bonds is 15. The summed E-state index contributed by atoms with van der Waals surface area (Å²) >= 11 is 1.57. The first-order chi connectivity index (χ1) is 21.1. The Morgan fingerprint density at radius 2 is 1.68 bits per heavy atom. The molecule has 1 aromatic heterocycles. The molecule has 0 amide bonds. The predicted molar refractivity (Wildman–Crippen MR) is 180 cm³/mol. The van der Waals surface area contributed by atoms with Crippen LogP contribution in [-0.4, -0.2) is 32.4 Å². The van der Waals surface area contributed by atoms with E-state index in [4.69, 9.17) is 4.74 Å². The molecule has 0 spiro atoms. The lowest BCUT2D eigenvalue weighted by molar-refractivity contribution is -0.138. The van der Waals surface area contributed by atoms with Crippen molar-refractivity contribution in [2.24, 2.45) is 7.05 Å². The Morgan fingerprint density at radius 1 is 0.977 bits per heavy atom. The van der Waals surface area contributed by atoms with Crippen LogP contribution in [-0.2, 0) is 23.8 Å². The van der Waals surface area contributed by atoms with Gasteiger partial charge in [-0.05, 0) is 65.9 Å². The fourth-order valence-electron chi connectivity index (χ4n) is 4.88. The number of aromatic nitrogens is 3. The van der Waals surface area contributed by atoms with E-state index in [-0.39, 0.29) is 5.41 Å². The molecule has 0 aliphatic rings. The summed E-state index contributed by atoms with van der Waals surface area (Å²) in [6, 6.07) is 22.4. The molecular weight excluding hydrogens is 568 g/mol. The first-order valence-corrected chi connectivity index (χ1v) is 16.4. The van der Waals surface area contributed by atoms with E-state index in [1.54, 1.807) is 18.7 Å². The van der Waals surface area contributed by atoms with Gasteiger partial charge in [-0.15, -0.1) is 10.2 Å². The monoisotopic (exact) mass is 614 g/mol. The van der Waals surface area contributed by atoms with Gasteiger partial charge in [0, 0.05) is 35.3 Å². The molecule has 0 radical (unpaired) electrons. The Kier molecular flexibility index (Phi) is 11.5. The molecule has 1 heterocycles. The van der Waals surface area contributed by atoms with Gasteiger partial charge in [-0.25, -0.2) is 0 Å². The molecular formula is C36H46N4O3S. The molecule has 4 aromatic rings. The van der Waals surface area contributed by atoms with Crippen LogP contribution in [0.4, 0.5) is 5.69 Å². The number of unbranched alkanes of at least 4 members (excludes halogenated alkanes) is 4. The van der Waals surface area contributed by atoms with Crippen LogP contribution in [0.15, 0.2) is 76.8 Å². The van der Waals surface area contributed by atoms with Crippen LogP contribution in [0.2, 0.25) is 0 Å². The maximum absolute atomic E-state index is 11.3. The number of hydrogen-bond donors (Lipinski definition) is 2. The van der Waals surface area contributed by atoms with Crippen LogP contribution < -0.4 is 10.1 Å². The van der Waals surface area contributed by atoms with Crippen LogP contribution in [0.1, 0.15) is 89.3 Å². The number of benzene rings is 3. The summed E-state index contributed by atoms with van der Waals surface area (Å²) in [4.78, 5) is 12.4. The van der Waals surface area contributed by atoms with Gasteiger partial charge >= 0.3 is 5.97 Å². The lowest BCUT2D eigenvalue weighted by Gasteiger charge is -2.19. The number of carboxylic acids is 1. The number of hydrogen-bond acceptors (Lipinski definition) is 6. The second kappa shape index (κ2) is 15.3. The summed E-state index contributed by atoms with van der Waals surface area (Å²) in [6.07, 6.45) is 5.89. The number of anilines is 1. The zero-order valence-corrected chi connectivity index (χ0v) is 27.7. The third-order valence-corrected chi connectivity index (χ3v) is 8.89. The highest BCUT2D eigenvalue weighted by Crippen LogP contribution is 2.34. The molecule has 4 rings (SSSR count). The van der Waals surface area contributed by atoms with Gasteiger partial charge in [0.15, 0.2) is 11.0 Å². The second-order valence-corrected chi connectivity index (χ2v) is 13.4. The number of carbonyl (C=O) groups is 1. The largest absolute Gasteiger partial charge is 0.493 e. The second-order valence-electron chi connectivity index (χ2n) is 12.4. The first-order valence-electron chi connectivity index (χ1n) is 15.6. The quantitative estimate of drug-likeness (QED) is 0.129. The Balaban J connectivity index is 1.48. The number of carboxylic acid groups (broad SMARTS) is 1. The summed E-state index contributed by atoms with van der Waals surface area (Å²) in [5.74, 6) is 0.327. The van der Waals surface area contributed by atoms with Gasteiger partial charge in [-0.1, -0.05) is 95.8 Å². The van der Waals surface area contributed by atoms with E-state index in [2.05, 4.69) is 85.7 Å². The first kappa shape index (κ1) is 33.1. The maximum atomic E-state index is 11.3. The minimum absolute atomic E-state index is 0.0989. The van der Waals surface area contributed by atoms with Crippen molar-refractivity contribution in [2.45, 2.75) is 94.7 Å². The van der Waals surface area contributed by atoms with Crippen molar-refractivity contribution in [2.75, 3.05) is 11.9 Å². The normalized spacial score (nSPS) is 12.2. The maximum Gasteiger partial charge on any atom is 0.310 e. The van der Waals surface area contributed by atoms with Crippen molar-refractivity contribution in [1.29, 1.82) is 0 Å². The summed E-state index contributed by atoms with van der Waals surface area (Å²) in [6.45, 7) is 11.8. The summed E-state index contributed by atoms with van der Waals surface area (Å²) in [5.41, 5.74) is 5.20. The highest BCUT2D eigenvalue weighted by Gasteiger charge is 2.17. The number of aliphatic carboxylic acids is 1. The standard InChI is InChI=1S/C36H46N4O3S/c1-7-8-9-10-11-22-43-32-23-31(21-16-28(32)24-37-30-19-14-26(15-20-30)25(2)34(41)42)44-35-39-38-33(40(35)6)27-12-17-29(18-13-27)36(3,4)5/h12-21,23,25,37H,7-11,22,24H2,1-6H3,(H,41,42). The third kappa shape index (κ3) is 8.88. The van der Waals surface area contributed by atoms with Gasteiger partial charge in [0.25, 0.3) is 0 Å². The predicted octanol–water partition coefficient (Wildman–Crippen LogP) is 9.08. The Bertz CT molecular complexity index is 1510. The van der Waals surface area contributed by atoms with Gasteiger partial charge in [0.1, 0.15) is 5.75 Å². The van der Waals surface area contributed by atoms with E-state index in [0.29, 0.717) is 13.2 Å². The molecule has 7 nitrogen and oxygen atoms in total. The minimum atomic E-state index is -0.826. The Labute approximate surface area is 266 Å². The molecule has 2 N–H and O–H groups in total. The zero-order chi connectivity index (χ0) is 31.7. The van der Waals surface area contributed by atoms with E-state index >= 15 is 0 Å². The van der Waals surface area contributed by atoms with E-state index in [9.17, 15) is 9.90 Å². The van der Waals surface area contributed by atoms with E-state index < -0.39 is 11.9 Å². The summed E-state index contributed by atoms with van der Waals surface area (Å²) < 4.78 is 8.38. The average molecular weight is 615 g/mol. The molecule has 0 fully saturated rings. The Morgan fingerprint density at radius 3 is 2.34 bits per heavy atom. The van der Waals surface area contributed by atoms with Crippen molar-refractivity contribution < 1.29 is 14.6 Å². The van der Waals surface area contributed by atoms with Gasteiger partial charge < -0.3 is 19.7 Å². The topological polar surface area (TPSA) is 89.3 Å². The number of ether oxygens (including phenoxy) is 1. The molecule has 1 atom stereocenters. The summed E-state index contributed by atoms with van der Waals surface area (Å²) in [7, 11) is 2.00. The number of nitrogens with one attached hydrogen (secondary N) is 1. The van der Waals surface area contributed by atoms with Gasteiger partial charge in [0.05, 0.1) is 12.5 Å². The molecule has 1 unspecified atom stereocenters. The van der Waals surface area contributed by atoms with Gasteiger partial charge in [-0.2, -0.15) is 0 Å². The molecule has 44 heavy (non-hydrogen) atoms. The SMILES string of the molecule is CCCCCCCOc1cc(Sc2nnc(-c3ccc(C(C)(C)C)cc3)n2C)ccc1CNc1ccc(C(C)C(=O)O)cc1. The molecule has 234 valence electrons. The molecule has 0 saturated carbocycles. The smallest absolute Gasteiger partial charge is 0.310 e. The van der Waals surface area contributed by atoms with Crippen molar-refractivity contribution in [3.8, 4) is 17.1 Å². The van der Waals surface area contributed by atoms with Crippen LogP contribution in [0.5, 0.6) is 5.75 Å². The van der Waals surface area contributed by atoms with Crippen molar-refractivity contribution in [1.82, 2.24) is 14.8 Å².